The second-order valence-electron chi connectivity index (χ2n) is 9.43. The molecule has 0 saturated carbocycles. The largest absolute Gasteiger partial charge is 0.387 e. The molecule has 2 aliphatic heterocycles. The number of halogens is 2. The van der Waals surface area contributed by atoms with Crippen molar-refractivity contribution in [2.45, 2.75) is 63.6 Å². The summed E-state index contributed by atoms with van der Waals surface area (Å²) in [5.41, 5.74) is 3.43. The summed E-state index contributed by atoms with van der Waals surface area (Å²) in [4.78, 5) is 11.7. The maximum absolute atomic E-state index is 12.5. The van der Waals surface area contributed by atoms with Gasteiger partial charge in [-0.3, -0.25) is 9.88 Å². The Morgan fingerprint density at radius 3 is 2.80 bits per heavy atom. The second kappa shape index (κ2) is 9.54. The van der Waals surface area contributed by atoms with Gasteiger partial charge >= 0.3 is 0 Å². The first-order valence-corrected chi connectivity index (χ1v) is 12.1. The average molecular weight is 485 g/mol. The van der Waals surface area contributed by atoms with Crippen molar-refractivity contribution < 1.29 is 13.9 Å². The summed E-state index contributed by atoms with van der Waals surface area (Å²) in [6.45, 7) is 3.80. The van der Waals surface area contributed by atoms with E-state index in [1.54, 1.807) is 0 Å². The number of hydrogen-bond donors (Lipinski definition) is 2. The van der Waals surface area contributed by atoms with Crippen LogP contribution in [-0.2, 0) is 13.0 Å². The number of aliphatic hydroxyl groups is 1. The second-order valence-corrected chi connectivity index (χ2v) is 9.43. The first-order chi connectivity index (χ1) is 16.9. The SMILES string of the molecule is CCC1(O)CN(Cc2nc(NC)c3c(-c4ccc5c(n4)CC(CCCC(F)F)N=N5)ccn3n2)C1. The van der Waals surface area contributed by atoms with Gasteiger partial charge in [0.2, 0.25) is 6.43 Å². The third-order valence-electron chi connectivity index (χ3n) is 6.79. The minimum absolute atomic E-state index is 0.116. The summed E-state index contributed by atoms with van der Waals surface area (Å²) in [7, 11) is 1.83. The highest BCUT2D eigenvalue weighted by Crippen LogP contribution is 2.34. The lowest BCUT2D eigenvalue weighted by molar-refractivity contribution is -0.104. The van der Waals surface area contributed by atoms with E-state index in [2.05, 4.69) is 20.4 Å². The molecule has 9 nitrogen and oxygen atoms in total. The molecule has 11 heteroatoms. The van der Waals surface area contributed by atoms with Gasteiger partial charge in [-0.1, -0.05) is 6.92 Å². The Morgan fingerprint density at radius 1 is 1.23 bits per heavy atom. The van der Waals surface area contributed by atoms with Crippen molar-refractivity contribution in [3.8, 4) is 11.3 Å². The highest BCUT2D eigenvalue weighted by atomic mass is 19.3. The molecule has 1 saturated heterocycles. The zero-order valence-electron chi connectivity index (χ0n) is 20.0. The fourth-order valence-corrected chi connectivity index (χ4v) is 4.80. The summed E-state index contributed by atoms with van der Waals surface area (Å²) in [5.74, 6) is 1.37. The number of β-amino-alcohol motifs (C(OH)–C–C–N with tert-alkyl or cyclic N) is 1. The monoisotopic (exact) mass is 484 g/mol. The van der Waals surface area contributed by atoms with Crippen molar-refractivity contribution in [1.82, 2.24) is 24.5 Å². The zero-order chi connectivity index (χ0) is 24.6. The van der Waals surface area contributed by atoms with Crippen molar-refractivity contribution in [3.05, 3.63) is 35.9 Å². The molecule has 1 unspecified atom stereocenters. The number of pyridine rings is 1. The van der Waals surface area contributed by atoms with Crippen molar-refractivity contribution >= 4 is 17.0 Å². The van der Waals surface area contributed by atoms with Gasteiger partial charge in [0.15, 0.2) is 11.6 Å². The third kappa shape index (κ3) is 4.87. The minimum atomic E-state index is -2.29. The van der Waals surface area contributed by atoms with Gasteiger partial charge in [0, 0.05) is 44.7 Å². The van der Waals surface area contributed by atoms with Gasteiger partial charge in [0.1, 0.15) is 11.2 Å². The van der Waals surface area contributed by atoms with Crippen molar-refractivity contribution in [2.75, 3.05) is 25.5 Å². The lowest BCUT2D eigenvalue weighted by atomic mass is 9.91. The summed E-state index contributed by atoms with van der Waals surface area (Å²) in [6, 6.07) is 5.64. The number of aromatic nitrogens is 4. The predicted octanol–water partition coefficient (Wildman–Crippen LogP) is 4.23. The molecule has 5 rings (SSSR count). The molecule has 0 spiro atoms. The maximum Gasteiger partial charge on any atom is 0.238 e. The molecular weight excluding hydrogens is 454 g/mol. The molecule has 0 amide bonds. The van der Waals surface area contributed by atoms with Gasteiger partial charge in [0.25, 0.3) is 0 Å². The Labute approximate surface area is 202 Å². The fraction of sp³-hybridized carbons (Fsp3) is 0.542. The fourth-order valence-electron chi connectivity index (χ4n) is 4.80. The van der Waals surface area contributed by atoms with E-state index in [9.17, 15) is 13.9 Å². The number of alkyl halides is 2. The van der Waals surface area contributed by atoms with Crippen LogP contribution in [0.4, 0.5) is 20.3 Å². The molecule has 1 atom stereocenters. The first kappa shape index (κ1) is 23.7. The average Bonchev–Trinajstić information content (AvgIpc) is 3.26. The lowest BCUT2D eigenvalue weighted by Gasteiger charge is -2.45. The maximum atomic E-state index is 12.5. The van der Waals surface area contributed by atoms with Crippen molar-refractivity contribution in [1.29, 1.82) is 0 Å². The number of rotatable bonds is 9. The number of azo groups is 1. The molecule has 2 N–H and O–H groups in total. The highest BCUT2D eigenvalue weighted by molar-refractivity contribution is 5.87. The van der Waals surface area contributed by atoms with Crippen LogP contribution in [0.2, 0.25) is 0 Å². The molecule has 0 aromatic carbocycles. The molecule has 0 aliphatic carbocycles. The topological polar surface area (TPSA) is 103 Å². The van der Waals surface area contributed by atoms with Crippen LogP contribution in [0.1, 0.15) is 44.1 Å². The Bertz CT molecular complexity index is 1240. The molecule has 186 valence electrons. The standard InChI is InChI=1S/C24H30F2N8O/c1-3-24(35)13-33(14-24)12-21-29-23(27-2)22-16(9-10-34(22)32-21)17-7-8-18-19(28-17)11-15(30-31-18)5-4-6-20(25)26/h7-10,15,20,35H,3-6,11-14H2,1-2H3,(H,27,29,32). The summed E-state index contributed by atoms with van der Waals surface area (Å²) in [5, 5.41) is 26.7. The molecule has 1 fully saturated rings. The zero-order valence-corrected chi connectivity index (χ0v) is 20.0. The molecule has 0 radical (unpaired) electrons. The van der Waals surface area contributed by atoms with Crippen LogP contribution in [0.25, 0.3) is 16.8 Å². The molecule has 0 bridgehead atoms. The Balaban J connectivity index is 1.37. The first-order valence-electron chi connectivity index (χ1n) is 12.1. The van der Waals surface area contributed by atoms with Gasteiger partial charge in [-0.2, -0.15) is 15.3 Å². The van der Waals surface area contributed by atoms with Gasteiger partial charge in [-0.05, 0) is 37.5 Å². The van der Waals surface area contributed by atoms with Crippen LogP contribution in [0.15, 0.2) is 34.6 Å². The van der Waals surface area contributed by atoms with E-state index >= 15 is 0 Å². The van der Waals surface area contributed by atoms with Crippen LogP contribution >= 0.6 is 0 Å². The van der Waals surface area contributed by atoms with Crippen molar-refractivity contribution in [2.24, 2.45) is 10.2 Å². The number of nitrogens with zero attached hydrogens (tertiary/aromatic N) is 7. The van der Waals surface area contributed by atoms with E-state index in [4.69, 9.17) is 15.1 Å². The third-order valence-corrected chi connectivity index (χ3v) is 6.79. The van der Waals surface area contributed by atoms with Crippen LogP contribution < -0.4 is 5.32 Å². The summed E-state index contributed by atoms with van der Waals surface area (Å²) < 4.78 is 26.8. The van der Waals surface area contributed by atoms with E-state index in [0.29, 0.717) is 50.5 Å². The number of fused-ring (bicyclic) bond motifs is 2. The van der Waals surface area contributed by atoms with E-state index in [1.807, 2.05) is 42.9 Å². The van der Waals surface area contributed by atoms with Gasteiger partial charge < -0.3 is 10.4 Å². The Morgan fingerprint density at radius 2 is 2.06 bits per heavy atom. The molecule has 2 aliphatic rings. The normalized spacial score (nSPS) is 19.2. The summed E-state index contributed by atoms with van der Waals surface area (Å²) >= 11 is 0. The molecule has 5 heterocycles. The number of likely N-dealkylation sites (tertiary alicyclic amines) is 1. The van der Waals surface area contributed by atoms with Crippen LogP contribution in [0, 0.1) is 0 Å². The van der Waals surface area contributed by atoms with E-state index < -0.39 is 12.0 Å². The highest BCUT2D eigenvalue weighted by Gasteiger charge is 2.39. The van der Waals surface area contributed by atoms with E-state index in [0.717, 1.165) is 34.6 Å². The van der Waals surface area contributed by atoms with Crippen molar-refractivity contribution in [3.63, 3.8) is 0 Å². The Hall–Kier alpha value is -3.05. The molecule has 3 aromatic rings. The smallest absolute Gasteiger partial charge is 0.238 e. The van der Waals surface area contributed by atoms with Crippen LogP contribution in [-0.4, -0.2) is 67.8 Å². The quantitative estimate of drug-likeness (QED) is 0.471. The van der Waals surface area contributed by atoms with Crippen LogP contribution in [0.5, 0.6) is 0 Å². The van der Waals surface area contributed by atoms with E-state index in [-0.39, 0.29) is 12.5 Å². The molecule has 35 heavy (non-hydrogen) atoms. The van der Waals surface area contributed by atoms with Crippen LogP contribution in [0.3, 0.4) is 0 Å². The predicted molar refractivity (Wildman–Crippen MR) is 128 cm³/mol. The van der Waals surface area contributed by atoms with Gasteiger partial charge in [0.05, 0.1) is 29.6 Å². The lowest BCUT2D eigenvalue weighted by Crippen LogP contribution is -2.60. The van der Waals surface area contributed by atoms with E-state index in [1.165, 1.54) is 0 Å². The number of hydrogen-bond acceptors (Lipinski definition) is 8. The van der Waals surface area contributed by atoms with Gasteiger partial charge in [-0.15, -0.1) is 0 Å². The minimum Gasteiger partial charge on any atom is -0.387 e. The summed E-state index contributed by atoms with van der Waals surface area (Å²) in [6.07, 6.45) is 1.80. The van der Waals surface area contributed by atoms with Gasteiger partial charge in [-0.25, -0.2) is 18.3 Å². The number of nitrogens with one attached hydrogen (secondary N) is 1. The molecular formula is C24H30F2N8O. The number of anilines is 1. The Kier molecular flexibility index (Phi) is 6.45. The molecule has 3 aromatic heterocycles.